The molecule has 0 aliphatic heterocycles. The fourth-order valence-corrected chi connectivity index (χ4v) is 4.88. The summed E-state index contributed by atoms with van der Waals surface area (Å²) < 4.78 is 2.87. The summed E-state index contributed by atoms with van der Waals surface area (Å²) in [6.45, 7) is 0.692. The summed E-state index contributed by atoms with van der Waals surface area (Å²) in [6, 6.07) is 19.1. The van der Waals surface area contributed by atoms with Crippen LogP contribution < -0.4 is 0 Å². The van der Waals surface area contributed by atoms with Gasteiger partial charge in [0.2, 0.25) is 0 Å². The molecule has 0 bridgehead atoms. The Kier molecular flexibility index (Phi) is 5.15. The van der Waals surface area contributed by atoms with Crippen molar-refractivity contribution in [2.24, 2.45) is 0 Å². The van der Waals surface area contributed by atoms with Crippen molar-refractivity contribution in [3.8, 4) is 10.6 Å². The monoisotopic (exact) mass is 444 g/mol. The van der Waals surface area contributed by atoms with E-state index in [-0.39, 0.29) is 5.69 Å². The van der Waals surface area contributed by atoms with E-state index in [1.807, 2.05) is 52.7 Å². The normalized spacial score (nSPS) is 11.5. The third-order valence-electron chi connectivity index (χ3n) is 4.74. The molecule has 0 atom stereocenters. The molecule has 0 unspecified atom stereocenters. The van der Waals surface area contributed by atoms with E-state index in [1.54, 1.807) is 17.4 Å². The van der Waals surface area contributed by atoms with Crippen molar-refractivity contribution in [2.45, 2.75) is 6.54 Å². The lowest BCUT2D eigenvalue weighted by Gasteiger charge is -2.00. The van der Waals surface area contributed by atoms with Crippen molar-refractivity contribution in [1.29, 1.82) is 0 Å². The third kappa shape index (κ3) is 4.16. The molecule has 2 aromatic carbocycles. The molecule has 5 aromatic rings. The van der Waals surface area contributed by atoms with Gasteiger partial charge < -0.3 is 0 Å². The molecule has 3 heterocycles. The molecule has 6 nitrogen and oxygen atoms in total. The van der Waals surface area contributed by atoms with Crippen molar-refractivity contribution < 1.29 is 4.92 Å². The van der Waals surface area contributed by atoms with Crippen LogP contribution in [0.1, 0.15) is 16.1 Å². The number of non-ortho nitro benzene ring substituents is 1. The van der Waals surface area contributed by atoms with Crippen LogP contribution >= 0.6 is 22.7 Å². The fourth-order valence-electron chi connectivity index (χ4n) is 3.29. The summed E-state index contributed by atoms with van der Waals surface area (Å²) in [7, 11) is 0. The number of nitro groups is 1. The van der Waals surface area contributed by atoms with Crippen LogP contribution in [-0.4, -0.2) is 19.7 Å². The minimum absolute atomic E-state index is 0.0514. The molecule has 0 N–H and O–H groups in total. The van der Waals surface area contributed by atoms with E-state index in [0.717, 1.165) is 25.8 Å². The molecule has 0 fully saturated rings. The first-order valence-electron chi connectivity index (χ1n) is 9.54. The molecule has 5 rings (SSSR count). The smallest absolute Gasteiger partial charge is 0.267 e. The molecule has 31 heavy (non-hydrogen) atoms. The molecule has 152 valence electrons. The Balaban J connectivity index is 1.48. The maximum atomic E-state index is 11.0. The highest BCUT2D eigenvalue weighted by Crippen LogP contribution is 2.30. The minimum Gasteiger partial charge on any atom is -0.267 e. The van der Waals surface area contributed by atoms with Gasteiger partial charge in [0, 0.05) is 23.9 Å². The van der Waals surface area contributed by atoms with Crippen LogP contribution in [0, 0.1) is 10.1 Å². The zero-order valence-electron chi connectivity index (χ0n) is 16.2. The second-order valence-corrected chi connectivity index (χ2v) is 8.90. The number of nitro benzene ring substituents is 1. The summed E-state index contributed by atoms with van der Waals surface area (Å²) in [6.07, 6.45) is 5.99. The van der Waals surface area contributed by atoms with E-state index in [1.165, 1.54) is 29.0 Å². The summed E-state index contributed by atoms with van der Waals surface area (Å²) in [5.41, 5.74) is 3.81. The highest BCUT2D eigenvalue weighted by molar-refractivity contribution is 7.19. The minimum atomic E-state index is -0.400. The quantitative estimate of drug-likeness (QED) is 0.226. The topological polar surface area (TPSA) is 73.8 Å². The molecule has 8 heteroatoms. The molecular formula is C23H16N4O2S2. The van der Waals surface area contributed by atoms with Crippen LogP contribution in [0.3, 0.4) is 0 Å². The summed E-state index contributed by atoms with van der Waals surface area (Å²) >= 11 is 3.16. The second-order valence-electron chi connectivity index (χ2n) is 6.89. The van der Waals surface area contributed by atoms with Crippen molar-refractivity contribution in [3.05, 3.63) is 98.5 Å². The van der Waals surface area contributed by atoms with Gasteiger partial charge in [-0.2, -0.15) is 5.10 Å². The van der Waals surface area contributed by atoms with Gasteiger partial charge in [-0.25, -0.2) is 4.98 Å². The lowest BCUT2D eigenvalue weighted by atomic mass is 10.2. The maximum absolute atomic E-state index is 11.0. The van der Waals surface area contributed by atoms with Crippen LogP contribution in [0.15, 0.2) is 72.2 Å². The molecule has 0 aliphatic carbocycles. The second kappa shape index (κ2) is 8.25. The molecule has 0 amide bonds. The van der Waals surface area contributed by atoms with E-state index >= 15 is 0 Å². The predicted octanol–water partition coefficient (Wildman–Crippen LogP) is 6.35. The first kappa shape index (κ1) is 19.3. The molecule has 3 aromatic heterocycles. The summed E-state index contributed by atoms with van der Waals surface area (Å²) in [5, 5.41) is 18.7. The number of hydrogen-bond acceptors (Lipinski definition) is 6. The van der Waals surface area contributed by atoms with Crippen molar-refractivity contribution >= 4 is 50.7 Å². The van der Waals surface area contributed by atoms with Crippen LogP contribution in [0.4, 0.5) is 5.69 Å². The molecule has 0 saturated carbocycles. The summed E-state index contributed by atoms with van der Waals surface area (Å²) in [5.74, 6) is 0. The van der Waals surface area contributed by atoms with Gasteiger partial charge in [-0.3, -0.25) is 14.8 Å². The Morgan fingerprint density at radius 3 is 2.71 bits per heavy atom. The molecule has 0 saturated heterocycles. The number of aromatic nitrogens is 3. The molecule has 0 spiro atoms. The van der Waals surface area contributed by atoms with Gasteiger partial charge in [0.15, 0.2) is 0 Å². The Labute approximate surface area is 185 Å². The predicted molar refractivity (Wildman–Crippen MR) is 126 cm³/mol. The van der Waals surface area contributed by atoms with Gasteiger partial charge in [-0.15, -0.1) is 22.7 Å². The Morgan fingerprint density at radius 2 is 1.94 bits per heavy atom. The summed E-state index contributed by atoms with van der Waals surface area (Å²) in [4.78, 5) is 16.2. The average Bonchev–Trinajstić information content (AvgIpc) is 3.51. The molecular weight excluding hydrogens is 428 g/mol. The van der Waals surface area contributed by atoms with Crippen LogP contribution in [0.25, 0.3) is 32.9 Å². The third-order valence-corrected chi connectivity index (χ3v) is 6.61. The Morgan fingerprint density at radius 1 is 1.06 bits per heavy atom. The average molecular weight is 445 g/mol. The largest absolute Gasteiger partial charge is 0.271 e. The van der Waals surface area contributed by atoms with E-state index < -0.39 is 4.92 Å². The first-order valence-corrected chi connectivity index (χ1v) is 11.2. The van der Waals surface area contributed by atoms with E-state index in [9.17, 15) is 10.1 Å². The van der Waals surface area contributed by atoms with Gasteiger partial charge >= 0.3 is 0 Å². The maximum Gasteiger partial charge on any atom is 0.271 e. The Hall–Kier alpha value is -3.62. The van der Waals surface area contributed by atoms with Crippen LogP contribution in [-0.2, 0) is 6.54 Å². The lowest BCUT2D eigenvalue weighted by Crippen LogP contribution is -1.99. The number of rotatable bonds is 6. The van der Waals surface area contributed by atoms with E-state index in [2.05, 4.69) is 23.2 Å². The SMILES string of the molecule is O=[N+]([O-])c1ccc2sc(/C=C/c3cn(Cc4ccccc4)nc3-c3cccs3)nc2c1. The molecule has 0 aliphatic rings. The van der Waals surface area contributed by atoms with Gasteiger partial charge in [0.1, 0.15) is 10.7 Å². The Bertz CT molecular complexity index is 1390. The van der Waals surface area contributed by atoms with Gasteiger partial charge in [-0.1, -0.05) is 36.4 Å². The van der Waals surface area contributed by atoms with E-state index in [4.69, 9.17) is 5.10 Å². The van der Waals surface area contributed by atoms with Crippen LogP contribution in [0.5, 0.6) is 0 Å². The molecule has 0 radical (unpaired) electrons. The van der Waals surface area contributed by atoms with Gasteiger partial charge in [0.25, 0.3) is 5.69 Å². The van der Waals surface area contributed by atoms with Crippen molar-refractivity contribution in [3.63, 3.8) is 0 Å². The lowest BCUT2D eigenvalue weighted by molar-refractivity contribution is -0.384. The van der Waals surface area contributed by atoms with Crippen LogP contribution in [0.2, 0.25) is 0 Å². The zero-order chi connectivity index (χ0) is 21.2. The highest BCUT2D eigenvalue weighted by Gasteiger charge is 2.12. The zero-order valence-corrected chi connectivity index (χ0v) is 17.8. The van der Waals surface area contributed by atoms with E-state index in [0.29, 0.717) is 12.1 Å². The highest BCUT2D eigenvalue weighted by atomic mass is 32.1. The van der Waals surface area contributed by atoms with Gasteiger partial charge in [-0.05, 0) is 35.2 Å². The number of benzene rings is 2. The van der Waals surface area contributed by atoms with Gasteiger partial charge in [0.05, 0.1) is 26.6 Å². The standard InChI is InChI=1S/C23H16N4O2S2/c28-27(29)18-9-10-20-19(13-18)24-22(31-20)11-8-17-15-26(14-16-5-2-1-3-6-16)25-23(17)21-7-4-12-30-21/h1-13,15H,14H2/b11-8+. The number of fused-ring (bicyclic) bond motifs is 1. The number of nitrogens with zero attached hydrogens (tertiary/aromatic N) is 4. The van der Waals surface area contributed by atoms with Crippen molar-refractivity contribution in [1.82, 2.24) is 14.8 Å². The van der Waals surface area contributed by atoms with Crippen molar-refractivity contribution in [2.75, 3.05) is 0 Å². The number of hydrogen-bond donors (Lipinski definition) is 0. The first-order chi connectivity index (χ1) is 15.2. The number of thiophene rings is 1. The fraction of sp³-hybridized carbons (Fsp3) is 0.0435. The number of thiazole rings is 1.